The maximum absolute atomic E-state index is 6.04. The molecule has 0 aliphatic heterocycles. The fourth-order valence-electron chi connectivity index (χ4n) is 2.78. The maximum atomic E-state index is 6.04. The molecule has 0 radical (unpaired) electrons. The molecular weight excluding hydrogens is 184 g/mol. The average molecular weight is 210 g/mol. The van der Waals surface area contributed by atoms with E-state index in [0.717, 1.165) is 18.5 Å². The van der Waals surface area contributed by atoms with Crippen LogP contribution in [-0.4, -0.2) is 29.6 Å². The van der Waals surface area contributed by atoms with Gasteiger partial charge in [-0.05, 0) is 45.1 Å². The SMILES string of the molecule is CCCN(C1CC1)C(C)(CN)CC1CC1. The predicted molar refractivity (Wildman–Crippen MR) is 64.8 cm³/mol. The molecule has 2 rings (SSSR count). The van der Waals surface area contributed by atoms with Crippen molar-refractivity contribution in [1.82, 2.24) is 4.90 Å². The van der Waals surface area contributed by atoms with Gasteiger partial charge in [0.2, 0.25) is 0 Å². The van der Waals surface area contributed by atoms with Gasteiger partial charge >= 0.3 is 0 Å². The molecule has 0 aromatic rings. The molecule has 2 aliphatic rings. The van der Waals surface area contributed by atoms with Crippen molar-refractivity contribution in [2.45, 2.75) is 64.0 Å². The van der Waals surface area contributed by atoms with Crippen molar-refractivity contribution in [3.63, 3.8) is 0 Å². The Labute approximate surface area is 94.2 Å². The van der Waals surface area contributed by atoms with E-state index in [4.69, 9.17) is 5.73 Å². The third-order valence-electron chi connectivity index (χ3n) is 4.01. The van der Waals surface area contributed by atoms with Gasteiger partial charge in [-0.1, -0.05) is 19.8 Å². The van der Waals surface area contributed by atoms with Gasteiger partial charge in [0, 0.05) is 18.1 Å². The molecular formula is C13H26N2. The molecule has 2 fully saturated rings. The minimum atomic E-state index is 0.290. The van der Waals surface area contributed by atoms with Crippen LogP contribution in [0.3, 0.4) is 0 Å². The second-order valence-corrected chi connectivity index (χ2v) is 5.77. The van der Waals surface area contributed by atoms with Crippen LogP contribution in [0, 0.1) is 5.92 Å². The summed E-state index contributed by atoms with van der Waals surface area (Å²) in [5, 5.41) is 0. The van der Waals surface area contributed by atoms with Crippen LogP contribution in [-0.2, 0) is 0 Å². The highest BCUT2D eigenvalue weighted by atomic mass is 15.2. The average Bonchev–Trinajstić information content (AvgIpc) is 3.07. The first-order valence-electron chi connectivity index (χ1n) is 6.66. The lowest BCUT2D eigenvalue weighted by Gasteiger charge is -2.41. The molecule has 0 bridgehead atoms. The summed E-state index contributed by atoms with van der Waals surface area (Å²) in [4.78, 5) is 2.71. The Bertz CT molecular complexity index is 209. The van der Waals surface area contributed by atoms with Crippen LogP contribution in [0.4, 0.5) is 0 Å². The van der Waals surface area contributed by atoms with Crippen LogP contribution >= 0.6 is 0 Å². The highest BCUT2D eigenvalue weighted by molar-refractivity contribution is 4.99. The summed E-state index contributed by atoms with van der Waals surface area (Å²) in [6.45, 7) is 6.74. The molecule has 0 saturated heterocycles. The zero-order valence-electron chi connectivity index (χ0n) is 10.3. The minimum Gasteiger partial charge on any atom is -0.329 e. The van der Waals surface area contributed by atoms with Crippen LogP contribution in [0.25, 0.3) is 0 Å². The summed E-state index contributed by atoms with van der Waals surface area (Å²) in [5.74, 6) is 0.983. The summed E-state index contributed by atoms with van der Waals surface area (Å²) in [7, 11) is 0. The molecule has 2 N–H and O–H groups in total. The first-order valence-corrected chi connectivity index (χ1v) is 6.66. The molecule has 1 atom stereocenters. The van der Waals surface area contributed by atoms with Crippen LogP contribution in [0.1, 0.15) is 52.4 Å². The third-order valence-corrected chi connectivity index (χ3v) is 4.01. The van der Waals surface area contributed by atoms with Crippen molar-refractivity contribution in [3.05, 3.63) is 0 Å². The van der Waals surface area contributed by atoms with E-state index in [9.17, 15) is 0 Å². The summed E-state index contributed by atoms with van der Waals surface area (Å²) < 4.78 is 0. The standard InChI is InChI=1S/C13H26N2/c1-3-8-15(12-6-7-12)13(2,10-14)9-11-4-5-11/h11-12H,3-10,14H2,1-2H3. The topological polar surface area (TPSA) is 29.3 Å². The van der Waals surface area contributed by atoms with Crippen molar-refractivity contribution >= 4 is 0 Å². The molecule has 0 heterocycles. The monoisotopic (exact) mass is 210 g/mol. The number of nitrogens with two attached hydrogens (primary N) is 1. The van der Waals surface area contributed by atoms with Crippen LogP contribution in [0.2, 0.25) is 0 Å². The van der Waals surface area contributed by atoms with Crippen LogP contribution in [0.5, 0.6) is 0 Å². The zero-order valence-corrected chi connectivity index (χ0v) is 10.3. The lowest BCUT2D eigenvalue weighted by molar-refractivity contribution is 0.0867. The third kappa shape index (κ3) is 2.73. The lowest BCUT2D eigenvalue weighted by Crippen LogP contribution is -2.53. The van der Waals surface area contributed by atoms with E-state index in [1.807, 2.05) is 0 Å². The summed E-state index contributed by atoms with van der Waals surface area (Å²) in [5.41, 5.74) is 6.33. The van der Waals surface area contributed by atoms with Crippen molar-refractivity contribution in [2.24, 2.45) is 11.7 Å². The fourth-order valence-corrected chi connectivity index (χ4v) is 2.78. The van der Waals surface area contributed by atoms with E-state index in [1.165, 1.54) is 45.1 Å². The lowest BCUT2D eigenvalue weighted by atomic mass is 9.92. The van der Waals surface area contributed by atoms with Gasteiger partial charge in [0.05, 0.1) is 0 Å². The second-order valence-electron chi connectivity index (χ2n) is 5.77. The van der Waals surface area contributed by atoms with Gasteiger partial charge in [-0.15, -0.1) is 0 Å². The minimum absolute atomic E-state index is 0.290. The van der Waals surface area contributed by atoms with E-state index in [-0.39, 0.29) is 0 Å². The normalized spacial score (nSPS) is 25.6. The van der Waals surface area contributed by atoms with Gasteiger partial charge in [0.1, 0.15) is 0 Å². The van der Waals surface area contributed by atoms with Gasteiger partial charge in [-0.3, -0.25) is 4.90 Å². The molecule has 2 nitrogen and oxygen atoms in total. The summed E-state index contributed by atoms with van der Waals surface area (Å²) in [6, 6.07) is 0.859. The largest absolute Gasteiger partial charge is 0.329 e. The molecule has 0 aromatic carbocycles. The Morgan fingerprint density at radius 3 is 2.33 bits per heavy atom. The van der Waals surface area contributed by atoms with Crippen LogP contribution in [0.15, 0.2) is 0 Å². The predicted octanol–water partition coefficient (Wildman–Crippen LogP) is 2.38. The smallest absolute Gasteiger partial charge is 0.0309 e. The van der Waals surface area contributed by atoms with Gasteiger partial charge in [0.25, 0.3) is 0 Å². The van der Waals surface area contributed by atoms with E-state index in [2.05, 4.69) is 18.7 Å². The van der Waals surface area contributed by atoms with Gasteiger partial charge in [-0.2, -0.15) is 0 Å². The maximum Gasteiger partial charge on any atom is 0.0309 e. The quantitative estimate of drug-likeness (QED) is 0.699. The molecule has 0 aromatic heterocycles. The van der Waals surface area contributed by atoms with Gasteiger partial charge in [-0.25, -0.2) is 0 Å². The highest BCUT2D eigenvalue weighted by Crippen LogP contribution is 2.42. The first-order chi connectivity index (χ1) is 7.19. The van der Waals surface area contributed by atoms with E-state index >= 15 is 0 Å². The Hall–Kier alpha value is -0.0800. The fraction of sp³-hybridized carbons (Fsp3) is 1.00. The zero-order chi connectivity index (χ0) is 10.9. The van der Waals surface area contributed by atoms with Gasteiger partial charge < -0.3 is 5.73 Å². The summed E-state index contributed by atoms with van der Waals surface area (Å²) in [6.07, 6.45) is 8.29. The van der Waals surface area contributed by atoms with Crippen molar-refractivity contribution in [2.75, 3.05) is 13.1 Å². The molecule has 2 heteroatoms. The van der Waals surface area contributed by atoms with Crippen molar-refractivity contribution < 1.29 is 0 Å². The Morgan fingerprint density at radius 2 is 1.93 bits per heavy atom. The van der Waals surface area contributed by atoms with Gasteiger partial charge in [0.15, 0.2) is 0 Å². The highest BCUT2D eigenvalue weighted by Gasteiger charge is 2.42. The van der Waals surface area contributed by atoms with Crippen molar-refractivity contribution in [3.8, 4) is 0 Å². The van der Waals surface area contributed by atoms with E-state index in [1.54, 1.807) is 0 Å². The van der Waals surface area contributed by atoms with Crippen LogP contribution < -0.4 is 5.73 Å². The molecule has 0 spiro atoms. The molecule has 0 amide bonds. The molecule has 15 heavy (non-hydrogen) atoms. The number of rotatable bonds is 7. The molecule has 1 unspecified atom stereocenters. The van der Waals surface area contributed by atoms with E-state index in [0.29, 0.717) is 5.54 Å². The number of hydrogen-bond donors (Lipinski definition) is 1. The number of hydrogen-bond acceptors (Lipinski definition) is 2. The molecule has 2 aliphatic carbocycles. The Kier molecular flexibility index (Phi) is 3.36. The Balaban J connectivity index is 1.98. The molecule has 88 valence electrons. The Morgan fingerprint density at radius 1 is 1.27 bits per heavy atom. The van der Waals surface area contributed by atoms with E-state index < -0.39 is 0 Å². The second kappa shape index (κ2) is 4.42. The summed E-state index contributed by atoms with van der Waals surface area (Å²) >= 11 is 0. The number of nitrogens with zero attached hydrogens (tertiary/aromatic N) is 1. The van der Waals surface area contributed by atoms with Crippen molar-refractivity contribution in [1.29, 1.82) is 0 Å². The first kappa shape index (κ1) is 11.4. The molecule has 2 saturated carbocycles.